The van der Waals surface area contributed by atoms with E-state index >= 15 is 0 Å². The van der Waals surface area contributed by atoms with Gasteiger partial charge in [-0.05, 0) is 31.2 Å². The van der Waals surface area contributed by atoms with Crippen molar-refractivity contribution in [1.82, 2.24) is 4.90 Å². The highest BCUT2D eigenvalue weighted by atomic mass is 15.2. The quantitative estimate of drug-likeness (QED) is 0.725. The molecule has 0 N–H and O–H groups in total. The number of rotatable bonds is 2. The van der Waals surface area contributed by atoms with Gasteiger partial charge in [-0.2, -0.15) is 0 Å². The van der Waals surface area contributed by atoms with E-state index < -0.39 is 0 Å². The Morgan fingerprint density at radius 2 is 1.60 bits per heavy atom. The molecule has 0 bridgehead atoms. The van der Waals surface area contributed by atoms with Crippen molar-refractivity contribution in [2.75, 3.05) is 38.1 Å². The lowest BCUT2D eigenvalue weighted by molar-refractivity contribution is 0.313. The SMILES string of the molecule is C[CH]c1ccc(N2CCN(C)CC2)cc1. The highest BCUT2D eigenvalue weighted by Gasteiger charge is 2.13. The summed E-state index contributed by atoms with van der Waals surface area (Å²) in [6.45, 7) is 6.70. The van der Waals surface area contributed by atoms with Crippen LogP contribution in [0.25, 0.3) is 0 Å². The van der Waals surface area contributed by atoms with Crippen LogP contribution in [0.5, 0.6) is 0 Å². The third kappa shape index (κ3) is 2.51. The van der Waals surface area contributed by atoms with Crippen molar-refractivity contribution in [3.05, 3.63) is 36.2 Å². The van der Waals surface area contributed by atoms with E-state index in [0.29, 0.717) is 0 Å². The Balaban J connectivity index is 2.03. The summed E-state index contributed by atoms with van der Waals surface area (Å²) >= 11 is 0. The van der Waals surface area contributed by atoms with Gasteiger partial charge >= 0.3 is 0 Å². The lowest BCUT2D eigenvalue weighted by Gasteiger charge is -2.34. The Bertz CT molecular complexity index is 297. The summed E-state index contributed by atoms with van der Waals surface area (Å²) in [5, 5.41) is 0. The summed E-state index contributed by atoms with van der Waals surface area (Å²) in [6.07, 6.45) is 2.13. The van der Waals surface area contributed by atoms with E-state index in [0.717, 1.165) is 13.1 Å². The van der Waals surface area contributed by atoms with Crippen LogP contribution in [0.1, 0.15) is 12.5 Å². The van der Waals surface area contributed by atoms with Gasteiger partial charge in [0, 0.05) is 31.9 Å². The predicted molar refractivity (Wildman–Crippen MR) is 65.2 cm³/mol. The Hall–Kier alpha value is -1.02. The first-order valence-corrected chi connectivity index (χ1v) is 5.62. The molecule has 1 aliphatic heterocycles. The van der Waals surface area contributed by atoms with Gasteiger partial charge in [0.15, 0.2) is 0 Å². The van der Waals surface area contributed by atoms with E-state index in [9.17, 15) is 0 Å². The second-order valence-electron chi connectivity index (χ2n) is 4.17. The zero-order chi connectivity index (χ0) is 10.7. The molecule has 2 rings (SSSR count). The summed E-state index contributed by atoms with van der Waals surface area (Å²) in [6, 6.07) is 8.82. The number of benzene rings is 1. The van der Waals surface area contributed by atoms with Crippen molar-refractivity contribution in [2.24, 2.45) is 0 Å². The van der Waals surface area contributed by atoms with Gasteiger partial charge in [0.1, 0.15) is 0 Å². The molecule has 0 atom stereocenters. The van der Waals surface area contributed by atoms with Crippen molar-refractivity contribution in [3.63, 3.8) is 0 Å². The van der Waals surface area contributed by atoms with Crippen molar-refractivity contribution in [3.8, 4) is 0 Å². The third-order valence-electron chi connectivity index (χ3n) is 3.09. The molecule has 1 heterocycles. The van der Waals surface area contributed by atoms with Crippen molar-refractivity contribution >= 4 is 5.69 Å². The molecule has 0 saturated carbocycles. The van der Waals surface area contributed by atoms with Gasteiger partial charge in [-0.15, -0.1) is 0 Å². The minimum atomic E-state index is 1.14. The van der Waals surface area contributed by atoms with Crippen molar-refractivity contribution in [2.45, 2.75) is 6.92 Å². The molecule has 1 radical (unpaired) electrons. The smallest absolute Gasteiger partial charge is 0.0367 e. The number of piperazine rings is 1. The van der Waals surface area contributed by atoms with Gasteiger partial charge in [0.05, 0.1) is 0 Å². The average molecular weight is 203 g/mol. The molecule has 0 aromatic heterocycles. The molecule has 81 valence electrons. The minimum Gasteiger partial charge on any atom is -0.369 e. The molecule has 2 nitrogen and oxygen atoms in total. The van der Waals surface area contributed by atoms with E-state index in [1.54, 1.807) is 0 Å². The maximum Gasteiger partial charge on any atom is 0.0367 e. The first kappa shape index (κ1) is 10.5. The van der Waals surface area contributed by atoms with Crippen molar-refractivity contribution < 1.29 is 0 Å². The molecular weight excluding hydrogens is 184 g/mol. The molecule has 0 amide bonds. The number of hydrogen-bond acceptors (Lipinski definition) is 2. The molecule has 15 heavy (non-hydrogen) atoms. The molecule has 0 unspecified atom stereocenters. The first-order valence-electron chi connectivity index (χ1n) is 5.62. The van der Waals surface area contributed by atoms with Crippen LogP contribution in [0.2, 0.25) is 0 Å². The lowest BCUT2D eigenvalue weighted by Crippen LogP contribution is -2.44. The zero-order valence-corrected chi connectivity index (χ0v) is 9.61. The van der Waals surface area contributed by atoms with Crippen LogP contribution >= 0.6 is 0 Å². The van der Waals surface area contributed by atoms with Crippen LogP contribution in [0.4, 0.5) is 5.69 Å². The molecule has 1 aromatic rings. The van der Waals surface area contributed by atoms with Gasteiger partial charge < -0.3 is 9.80 Å². The van der Waals surface area contributed by atoms with Crippen LogP contribution in [-0.4, -0.2) is 38.1 Å². The highest BCUT2D eigenvalue weighted by molar-refractivity contribution is 5.48. The second-order valence-corrected chi connectivity index (χ2v) is 4.17. The Labute approximate surface area is 92.5 Å². The van der Waals surface area contributed by atoms with Gasteiger partial charge in [-0.1, -0.05) is 19.1 Å². The molecular formula is C13H19N2. The molecule has 0 spiro atoms. The van der Waals surface area contributed by atoms with Gasteiger partial charge in [0.25, 0.3) is 0 Å². The fourth-order valence-corrected chi connectivity index (χ4v) is 1.94. The Kier molecular flexibility index (Phi) is 3.27. The molecule has 1 aromatic carbocycles. The number of anilines is 1. The van der Waals surface area contributed by atoms with Gasteiger partial charge in [0.2, 0.25) is 0 Å². The monoisotopic (exact) mass is 203 g/mol. The molecule has 1 saturated heterocycles. The van der Waals surface area contributed by atoms with Gasteiger partial charge in [-0.3, -0.25) is 0 Å². The number of likely N-dealkylation sites (N-methyl/N-ethyl adjacent to an activating group) is 1. The largest absolute Gasteiger partial charge is 0.369 e. The summed E-state index contributed by atoms with van der Waals surface area (Å²) < 4.78 is 0. The van der Waals surface area contributed by atoms with Crippen LogP contribution in [0.15, 0.2) is 24.3 Å². The minimum absolute atomic E-state index is 1.14. The molecule has 0 aliphatic carbocycles. The summed E-state index contributed by atoms with van der Waals surface area (Å²) in [5.41, 5.74) is 2.65. The van der Waals surface area contributed by atoms with E-state index in [-0.39, 0.29) is 0 Å². The van der Waals surface area contributed by atoms with Crippen LogP contribution in [-0.2, 0) is 0 Å². The summed E-state index contributed by atoms with van der Waals surface area (Å²) in [7, 11) is 2.19. The average Bonchev–Trinajstić information content (AvgIpc) is 2.30. The Morgan fingerprint density at radius 1 is 1.00 bits per heavy atom. The maximum atomic E-state index is 2.46. The third-order valence-corrected chi connectivity index (χ3v) is 3.09. The highest BCUT2D eigenvalue weighted by Crippen LogP contribution is 2.17. The zero-order valence-electron chi connectivity index (χ0n) is 9.61. The Morgan fingerprint density at radius 3 is 2.13 bits per heavy atom. The van der Waals surface area contributed by atoms with Crippen LogP contribution in [0, 0.1) is 6.42 Å². The predicted octanol–water partition coefficient (Wildman–Crippen LogP) is 2.01. The van der Waals surface area contributed by atoms with E-state index in [1.165, 1.54) is 24.3 Å². The number of hydrogen-bond donors (Lipinski definition) is 0. The van der Waals surface area contributed by atoms with Crippen LogP contribution in [0.3, 0.4) is 0 Å². The summed E-state index contributed by atoms with van der Waals surface area (Å²) in [4.78, 5) is 4.84. The summed E-state index contributed by atoms with van der Waals surface area (Å²) in [5.74, 6) is 0. The topological polar surface area (TPSA) is 6.48 Å². The first-order chi connectivity index (χ1) is 7.29. The fourth-order valence-electron chi connectivity index (χ4n) is 1.94. The second kappa shape index (κ2) is 4.67. The van der Waals surface area contributed by atoms with E-state index in [4.69, 9.17) is 0 Å². The van der Waals surface area contributed by atoms with Crippen molar-refractivity contribution in [1.29, 1.82) is 0 Å². The van der Waals surface area contributed by atoms with Gasteiger partial charge in [-0.25, -0.2) is 0 Å². The lowest BCUT2D eigenvalue weighted by atomic mass is 10.1. The van der Waals surface area contributed by atoms with Crippen LogP contribution < -0.4 is 4.90 Å². The van der Waals surface area contributed by atoms with E-state index in [1.807, 2.05) is 0 Å². The van der Waals surface area contributed by atoms with E-state index in [2.05, 4.69) is 54.5 Å². The molecule has 1 fully saturated rings. The molecule has 2 heteroatoms. The number of nitrogens with zero attached hydrogens (tertiary/aromatic N) is 2. The fraction of sp³-hybridized carbons (Fsp3) is 0.462. The normalized spacial score (nSPS) is 18.1. The standard InChI is InChI=1S/C13H19N2/c1-3-12-4-6-13(7-5-12)15-10-8-14(2)9-11-15/h3-7H,8-11H2,1-2H3. The maximum absolute atomic E-state index is 2.46. The molecule has 1 aliphatic rings.